The summed E-state index contributed by atoms with van der Waals surface area (Å²) in [5.74, 6) is 0.135. The first-order chi connectivity index (χ1) is 9.19. The SMILES string of the molecule is CCCCN(CCCC)C(CN)CC(=O)NCCC. The highest BCUT2D eigenvalue weighted by Crippen LogP contribution is 2.08. The van der Waals surface area contributed by atoms with Crippen LogP contribution in [0.3, 0.4) is 0 Å². The third-order valence-corrected chi connectivity index (χ3v) is 3.38. The second kappa shape index (κ2) is 12.4. The van der Waals surface area contributed by atoms with Crippen LogP contribution in [-0.4, -0.2) is 43.0 Å². The average Bonchev–Trinajstić information content (AvgIpc) is 2.43. The van der Waals surface area contributed by atoms with Gasteiger partial charge in [0.25, 0.3) is 0 Å². The summed E-state index contributed by atoms with van der Waals surface area (Å²) in [6.07, 6.45) is 6.23. The number of rotatable bonds is 12. The van der Waals surface area contributed by atoms with E-state index in [9.17, 15) is 4.79 Å². The first-order valence-electron chi connectivity index (χ1n) is 7.90. The summed E-state index contributed by atoms with van der Waals surface area (Å²) >= 11 is 0. The number of hydrogen-bond acceptors (Lipinski definition) is 3. The fourth-order valence-electron chi connectivity index (χ4n) is 2.11. The summed E-state index contributed by atoms with van der Waals surface area (Å²) in [5, 5.41) is 2.94. The normalized spacial score (nSPS) is 12.7. The van der Waals surface area contributed by atoms with Crippen LogP contribution in [0.15, 0.2) is 0 Å². The lowest BCUT2D eigenvalue weighted by molar-refractivity contribution is -0.122. The minimum atomic E-state index is 0.135. The zero-order valence-electron chi connectivity index (χ0n) is 13.1. The molecule has 0 heterocycles. The highest BCUT2D eigenvalue weighted by Gasteiger charge is 2.19. The van der Waals surface area contributed by atoms with E-state index in [-0.39, 0.29) is 11.9 Å². The monoisotopic (exact) mass is 271 g/mol. The summed E-state index contributed by atoms with van der Waals surface area (Å²) in [5.41, 5.74) is 5.87. The van der Waals surface area contributed by atoms with Gasteiger partial charge in [-0.05, 0) is 32.4 Å². The number of nitrogens with two attached hydrogens (primary N) is 1. The second-order valence-corrected chi connectivity index (χ2v) is 5.19. The van der Waals surface area contributed by atoms with Crippen molar-refractivity contribution in [3.05, 3.63) is 0 Å². The van der Waals surface area contributed by atoms with E-state index < -0.39 is 0 Å². The van der Waals surface area contributed by atoms with Gasteiger partial charge in [0, 0.05) is 25.6 Å². The molecule has 0 saturated carbocycles. The number of nitrogens with zero attached hydrogens (tertiary/aromatic N) is 1. The largest absolute Gasteiger partial charge is 0.356 e. The van der Waals surface area contributed by atoms with Gasteiger partial charge in [0.05, 0.1) is 0 Å². The van der Waals surface area contributed by atoms with Gasteiger partial charge in [0.2, 0.25) is 5.91 Å². The zero-order chi connectivity index (χ0) is 14.5. The van der Waals surface area contributed by atoms with E-state index in [1.54, 1.807) is 0 Å². The molecule has 3 N–H and O–H groups in total. The predicted molar refractivity (Wildman–Crippen MR) is 82.1 cm³/mol. The van der Waals surface area contributed by atoms with Crippen molar-refractivity contribution in [2.45, 2.75) is 65.3 Å². The van der Waals surface area contributed by atoms with E-state index in [0.29, 0.717) is 13.0 Å². The molecule has 1 amide bonds. The topological polar surface area (TPSA) is 58.4 Å². The number of nitrogens with one attached hydrogen (secondary N) is 1. The second-order valence-electron chi connectivity index (χ2n) is 5.19. The van der Waals surface area contributed by atoms with Gasteiger partial charge in [-0.2, -0.15) is 0 Å². The van der Waals surface area contributed by atoms with Crippen molar-refractivity contribution in [1.29, 1.82) is 0 Å². The molecule has 0 aliphatic carbocycles. The Hall–Kier alpha value is -0.610. The van der Waals surface area contributed by atoms with Crippen molar-refractivity contribution in [3.8, 4) is 0 Å². The van der Waals surface area contributed by atoms with Crippen molar-refractivity contribution >= 4 is 5.91 Å². The van der Waals surface area contributed by atoms with E-state index in [0.717, 1.165) is 26.1 Å². The van der Waals surface area contributed by atoms with Crippen LogP contribution in [-0.2, 0) is 4.79 Å². The number of carbonyl (C=O) groups is 1. The summed E-state index contributed by atoms with van der Waals surface area (Å²) < 4.78 is 0. The molecule has 0 aliphatic rings. The van der Waals surface area contributed by atoms with E-state index in [4.69, 9.17) is 5.73 Å². The fraction of sp³-hybridized carbons (Fsp3) is 0.933. The molecule has 0 fully saturated rings. The smallest absolute Gasteiger partial charge is 0.221 e. The fourth-order valence-corrected chi connectivity index (χ4v) is 2.11. The van der Waals surface area contributed by atoms with Gasteiger partial charge in [0.1, 0.15) is 0 Å². The minimum Gasteiger partial charge on any atom is -0.356 e. The molecule has 0 bridgehead atoms. The third kappa shape index (κ3) is 9.00. The molecule has 114 valence electrons. The van der Waals surface area contributed by atoms with Gasteiger partial charge >= 0.3 is 0 Å². The zero-order valence-corrected chi connectivity index (χ0v) is 13.1. The van der Waals surface area contributed by atoms with Gasteiger partial charge in [-0.25, -0.2) is 0 Å². The highest BCUT2D eigenvalue weighted by atomic mass is 16.1. The lowest BCUT2D eigenvalue weighted by Gasteiger charge is -2.30. The summed E-state index contributed by atoms with van der Waals surface area (Å²) in [7, 11) is 0. The molecule has 19 heavy (non-hydrogen) atoms. The van der Waals surface area contributed by atoms with Crippen LogP contribution in [0.4, 0.5) is 0 Å². The van der Waals surface area contributed by atoms with Crippen LogP contribution in [0.1, 0.15) is 59.3 Å². The van der Waals surface area contributed by atoms with E-state index in [2.05, 4.69) is 31.0 Å². The third-order valence-electron chi connectivity index (χ3n) is 3.38. The van der Waals surface area contributed by atoms with E-state index in [1.165, 1.54) is 25.7 Å². The number of hydrogen-bond donors (Lipinski definition) is 2. The molecular formula is C15H33N3O. The lowest BCUT2D eigenvalue weighted by atomic mass is 10.1. The van der Waals surface area contributed by atoms with Gasteiger partial charge < -0.3 is 11.1 Å². The molecule has 0 rings (SSSR count). The Morgan fingerprint density at radius 1 is 1.11 bits per heavy atom. The first kappa shape index (κ1) is 18.4. The Morgan fingerprint density at radius 2 is 1.68 bits per heavy atom. The van der Waals surface area contributed by atoms with Crippen molar-refractivity contribution in [3.63, 3.8) is 0 Å². The van der Waals surface area contributed by atoms with Crippen molar-refractivity contribution in [1.82, 2.24) is 10.2 Å². The van der Waals surface area contributed by atoms with Crippen LogP contribution < -0.4 is 11.1 Å². The van der Waals surface area contributed by atoms with Gasteiger partial charge in [-0.1, -0.05) is 33.6 Å². The molecule has 0 aromatic carbocycles. The van der Waals surface area contributed by atoms with Crippen LogP contribution in [0.2, 0.25) is 0 Å². The van der Waals surface area contributed by atoms with Crippen molar-refractivity contribution < 1.29 is 4.79 Å². The maximum Gasteiger partial charge on any atom is 0.221 e. The standard InChI is InChI=1S/C15H33N3O/c1-4-7-10-18(11-8-5-2)14(13-16)12-15(19)17-9-6-3/h14H,4-13,16H2,1-3H3,(H,17,19). The molecule has 1 unspecified atom stereocenters. The molecule has 0 aromatic heterocycles. The molecule has 1 atom stereocenters. The molecule has 0 spiro atoms. The maximum absolute atomic E-state index is 11.8. The Kier molecular flexibility index (Phi) is 12.0. The molecule has 0 radical (unpaired) electrons. The predicted octanol–water partition coefficient (Wildman–Crippen LogP) is 2.13. The van der Waals surface area contributed by atoms with Gasteiger partial charge in [-0.3, -0.25) is 9.69 Å². The molecule has 0 aliphatic heterocycles. The van der Waals surface area contributed by atoms with Gasteiger partial charge in [0.15, 0.2) is 0 Å². The Morgan fingerprint density at radius 3 is 2.11 bits per heavy atom. The Labute approximate surface area is 119 Å². The first-order valence-corrected chi connectivity index (χ1v) is 7.90. The maximum atomic E-state index is 11.8. The van der Waals surface area contributed by atoms with Crippen LogP contribution in [0.5, 0.6) is 0 Å². The number of unbranched alkanes of at least 4 members (excludes halogenated alkanes) is 2. The van der Waals surface area contributed by atoms with Crippen molar-refractivity contribution in [2.75, 3.05) is 26.2 Å². The Balaban J connectivity index is 4.31. The molecule has 0 aromatic rings. The summed E-state index contributed by atoms with van der Waals surface area (Å²) in [6.45, 7) is 9.90. The van der Waals surface area contributed by atoms with Crippen LogP contribution in [0, 0.1) is 0 Å². The molecule has 4 heteroatoms. The number of amides is 1. The number of carbonyl (C=O) groups excluding carboxylic acids is 1. The lowest BCUT2D eigenvalue weighted by Crippen LogP contribution is -2.45. The van der Waals surface area contributed by atoms with E-state index >= 15 is 0 Å². The Bertz CT molecular complexity index is 213. The molecule has 4 nitrogen and oxygen atoms in total. The van der Waals surface area contributed by atoms with Gasteiger partial charge in [-0.15, -0.1) is 0 Å². The van der Waals surface area contributed by atoms with Crippen molar-refractivity contribution in [2.24, 2.45) is 5.73 Å². The average molecular weight is 271 g/mol. The molecular weight excluding hydrogens is 238 g/mol. The highest BCUT2D eigenvalue weighted by molar-refractivity contribution is 5.76. The summed E-state index contributed by atoms with van der Waals surface area (Å²) in [6, 6.07) is 0.190. The van der Waals surface area contributed by atoms with Crippen LogP contribution in [0.25, 0.3) is 0 Å². The molecule has 0 saturated heterocycles. The van der Waals surface area contributed by atoms with Crippen LogP contribution >= 0.6 is 0 Å². The minimum absolute atomic E-state index is 0.135. The van der Waals surface area contributed by atoms with E-state index in [1.807, 2.05) is 0 Å². The summed E-state index contributed by atoms with van der Waals surface area (Å²) in [4.78, 5) is 14.2. The quantitative estimate of drug-likeness (QED) is 0.572.